The third kappa shape index (κ3) is 5.21. The van der Waals surface area contributed by atoms with Crippen molar-refractivity contribution in [3.8, 4) is 0 Å². The molecule has 4 heterocycles. The zero-order valence-electron chi connectivity index (χ0n) is 20.8. The predicted molar refractivity (Wildman–Crippen MR) is 150 cm³/mol. The van der Waals surface area contributed by atoms with E-state index in [1.54, 1.807) is 24.5 Å². The number of aryl methyl sites for hydroxylation is 1. The average molecular weight is 533 g/mol. The summed E-state index contributed by atoms with van der Waals surface area (Å²) in [5, 5.41) is 4.07. The third-order valence-electron chi connectivity index (χ3n) is 6.54. The van der Waals surface area contributed by atoms with Crippen molar-refractivity contribution in [1.29, 1.82) is 0 Å². The maximum Gasteiger partial charge on any atom is 0.229 e. The van der Waals surface area contributed by atoms with E-state index in [9.17, 15) is 8.42 Å². The normalized spacial score (nSPS) is 17.6. The lowest BCUT2D eigenvalue weighted by atomic mass is 9.96. The van der Waals surface area contributed by atoms with Crippen LogP contribution in [-0.4, -0.2) is 34.3 Å². The Labute approximate surface area is 222 Å². The molecule has 0 aliphatic carbocycles. The van der Waals surface area contributed by atoms with E-state index in [-0.39, 0.29) is 12.1 Å². The number of nitrogens with zero attached hydrogens (tertiary/aromatic N) is 4. The van der Waals surface area contributed by atoms with E-state index < -0.39 is 10.0 Å². The number of pyridine rings is 2. The SMILES string of the molecule is Cc1cc([C@H]2[C@H](c3ccccn3)NC(=S)N2c2ccc(NS(C)(=O)=O)cc2)c(C)n1Cc1cccnc1. The predicted octanol–water partition coefficient (Wildman–Crippen LogP) is 4.49. The molecule has 0 radical (unpaired) electrons. The molecule has 1 aromatic carbocycles. The van der Waals surface area contributed by atoms with Gasteiger partial charge in [-0.1, -0.05) is 12.1 Å². The highest BCUT2D eigenvalue weighted by atomic mass is 32.2. The Morgan fingerprint density at radius 1 is 1.05 bits per heavy atom. The van der Waals surface area contributed by atoms with E-state index in [1.165, 1.54) is 0 Å². The molecule has 3 aromatic heterocycles. The van der Waals surface area contributed by atoms with Gasteiger partial charge in [-0.15, -0.1) is 0 Å². The Balaban J connectivity index is 1.58. The zero-order chi connectivity index (χ0) is 26.2. The largest absolute Gasteiger partial charge is 0.351 e. The number of rotatable bonds is 7. The Hall–Kier alpha value is -3.76. The number of nitrogens with one attached hydrogen (secondary N) is 2. The number of benzene rings is 1. The average Bonchev–Trinajstić information content (AvgIpc) is 3.36. The Morgan fingerprint density at radius 3 is 2.49 bits per heavy atom. The Morgan fingerprint density at radius 2 is 1.84 bits per heavy atom. The summed E-state index contributed by atoms with van der Waals surface area (Å²) in [6.07, 6.45) is 6.59. The van der Waals surface area contributed by atoms with Crippen LogP contribution in [0, 0.1) is 13.8 Å². The van der Waals surface area contributed by atoms with Crippen LogP contribution in [-0.2, 0) is 16.6 Å². The fourth-order valence-electron chi connectivity index (χ4n) is 4.90. The van der Waals surface area contributed by atoms with Gasteiger partial charge >= 0.3 is 0 Å². The molecule has 2 atom stereocenters. The van der Waals surface area contributed by atoms with Gasteiger partial charge in [-0.3, -0.25) is 14.7 Å². The number of thiocarbonyl (C=S) groups is 1. The van der Waals surface area contributed by atoms with Crippen molar-refractivity contribution < 1.29 is 8.42 Å². The van der Waals surface area contributed by atoms with Crippen LogP contribution in [0.3, 0.4) is 0 Å². The molecule has 10 heteroatoms. The van der Waals surface area contributed by atoms with Crippen LogP contribution in [0.2, 0.25) is 0 Å². The minimum atomic E-state index is -3.37. The monoisotopic (exact) mass is 532 g/mol. The lowest BCUT2D eigenvalue weighted by Crippen LogP contribution is -2.29. The Kier molecular flexibility index (Phi) is 6.70. The second-order valence-corrected chi connectivity index (χ2v) is 11.3. The van der Waals surface area contributed by atoms with Crippen LogP contribution in [0.25, 0.3) is 0 Å². The summed E-state index contributed by atoms with van der Waals surface area (Å²) >= 11 is 5.85. The molecular weight excluding hydrogens is 504 g/mol. The first-order valence-corrected chi connectivity index (χ1v) is 14.2. The summed E-state index contributed by atoms with van der Waals surface area (Å²) in [5.41, 5.74) is 6.80. The second-order valence-electron chi connectivity index (χ2n) is 9.19. The molecule has 37 heavy (non-hydrogen) atoms. The minimum Gasteiger partial charge on any atom is -0.351 e. The molecular formula is C27H28N6O2S2. The Bertz CT molecular complexity index is 1520. The van der Waals surface area contributed by atoms with Gasteiger partial charge in [0.2, 0.25) is 10.0 Å². The van der Waals surface area contributed by atoms with E-state index in [4.69, 9.17) is 12.2 Å². The second kappa shape index (κ2) is 9.95. The van der Waals surface area contributed by atoms with Crippen molar-refractivity contribution in [2.45, 2.75) is 32.5 Å². The van der Waals surface area contributed by atoms with E-state index in [2.05, 4.69) is 55.5 Å². The van der Waals surface area contributed by atoms with Gasteiger partial charge in [-0.2, -0.15) is 0 Å². The lowest BCUT2D eigenvalue weighted by molar-refractivity contribution is 0.563. The molecule has 0 unspecified atom stereocenters. The van der Waals surface area contributed by atoms with Crippen LogP contribution < -0.4 is 14.9 Å². The van der Waals surface area contributed by atoms with Gasteiger partial charge < -0.3 is 14.8 Å². The van der Waals surface area contributed by atoms with Crippen LogP contribution in [0.5, 0.6) is 0 Å². The minimum absolute atomic E-state index is 0.162. The first-order chi connectivity index (χ1) is 17.7. The maximum absolute atomic E-state index is 11.7. The first kappa shape index (κ1) is 24.9. The van der Waals surface area contributed by atoms with Gasteiger partial charge in [-0.05, 0) is 85.7 Å². The quantitative estimate of drug-likeness (QED) is 0.339. The highest BCUT2D eigenvalue weighted by Gasteiger charge is 2.42. The number of hydrogen-bond donors (Lipinski definition) is 2. The van der Waals surface area contributed by atoms with Crippen molar-refractivity contribution in [2.24, 2.45) is 0 Å². The van der Waals surface area contributed by atoms with E-state index in [1.807, 2.05) is 42.6 Å². The molecule has 190 valence electrons. The van der Waals surface area contributed by atoms with Gasteiger partial charge in [0.1, 0.15) is 0 Å². The molecule has 0 bridgehead atoms. The first-order valence-electron chi connectivity index (χ1n) is 11.9. The number of hydrogen-bond acceptors (Lipinski definition) is 5. The van der Waals surface area contributed by atoms with E-state index >= 15 is 0 Å². The highest BCUT2D eigenvalue weighted by Crippen LogP contribution is 2.43. The topological polar surface area (TPSA) is 92.2 Å². The molecule has 0 saturated carbocycles. The summed E-state index contributed by atoms with van der Waals surface area (Å²) in [6.45, 7) is 4.96. The van der Waals surface area contributed by atoms with Crippen molar-refractivity contribution in [3.63, 3.8) is 0 Å². The fourth-order valence-corrected chi connectivity index (χ4v) is 5.81. The van der Waals surface area contributed by atoms with E-state index in [0.29, 0.717) is 10.8 Å². The molecule has 1 fully saturated rings. The molecule has 1 aliphatic rings. The van der Waals surface area contributed by atoms with Crippen molar-refractivity contribution >= 4 is 38.7 Å². The summed E-state index contributed by atoms with van der Waals surface area (Å²) in [7, 11) is -3.37. The van der Waals surface area contributed by atoms with Crippen LogP contribution in [0.15, 0.2) is 79.3 Å². The number of aromatic nitrogens is 3. The molecule has 5 rings (SSSR count). The van der Waals surface area contributed by atoms with Crippen molar-refractivity contribution in [1.82, 2.24) is 19.9 Å². The molecule has 4 aromatic rings. The van der Waals surface area contributed by atoms with Gasteiger partial charge in [0, 0.05) is 47.9 Å². The van der Waals surface area contributed by atoms with Crippen molar-refractivity contribution in [2.75, 3.05) is 15.9 Å². The summed E-state index contributed by atoms with van der Waals surface area (Å²) < 4.78 is 28.1. The van der Waals surface area contributed by atoms with Gasteiger partial charge in [0.15, 0.2) is 5.11 Å². The lowest BCUT2D eigenvalue weighted by Gasteiger charge is -2.28. The smallest absolute Gasteiger partial charge is 0.229 e. The van der Waals surface area contributed by atoms with E-state index in [0.717, 1.165) is 46.7 Å². The van der Waals surface area contributed by atoms with Gasteiger partial charge in [0.25, 0.3) is 0 Å². The molecule has 0 amide bonds. The van der Waals surface area contributed by atoms with Gasteiger partial charge in [0.05, 0.1) is 24.0 Å². The summed E-state index contributed by atoms with van der Waals surface area (Å²) in [6, 6.07) is 19.0. The summed E-state index contributed by atoms with van der Waals surface area (Å²) in [5.74, 6) is 0. The number of anilines is 2. The van der Waals surface area contributed by atoms with Crippen molar-refractivity contribution in [3.05, 3.63) is 107 Å². The zero-order valence-corrected chi connectivity index (χ0v) is 22.4. The molecule has 8 nitrogen and oxygen atoms in total. The van der Waals surface area contributed by atoms with Crippen LogP contribution in [0.1, 0.15) is 40.3 Å². The van der Waals surface area contributed by atoms with Gasteiger partial charge in [-0.25, -0.2) is 8.42 Å². The molecule has 0 spiro atoms. The molecule has 1 aliphatic heterocycles. The van der Waals surface area contributed by atoms with Crippen LogP contribution >= 0.6 is 12.2 Å². The summed E-state index contributed by atoms with van der Waals surface area (Å²) in [4.78, 5) is 11.0. The molecule has 1 saturated heterocycles. The standard InChI is InChI=1S/C27H28N6O2S2/c1-18-15-23(19(2)32(18)17-20-7-6-13-28-16-20)26-25(24-8-4-5-14-29-24)30-27(36)33(26)22-11-9-21(10-12-22)31-37(3,34)35/h4-16,25-26,31H,17H2,1-3H3,(H,30,36)/t25-,26-/m0/s1. The number of sulfonamides is 1. The molecule has 2 N–H and O–H groups in total. The fraction of sp³-hybridized carbons (Fsp3) is 0.222. The third-order valence-corrected chi connectivity index (χ3v) is 7.46. The maximum atomic E-state index is 11.7. The van der Waals surface area contributed by atoms with Crippen LogP contribution in [0.4, 0.5) is 11.4 Å². The highest BCUT2D eigenvalue weighted by molar-refractivity contribution is 7.92.